The normalized spacial score (nSPS) is 21.3. The topological polar surface area (TPSA) is 72.5 Å². The second-order valence-corrected chi connectivity index (χ2v) is 9.32. The monoisotopic (exact) mass is 393 g/mol. The van der Waals surface area contributed by atoms with Crippen molar-refractivity contribution in [2.75, 3.05) is 11.5 Å². The fourth-order valence-electron chi connectivity index (χ4n) is 3.00. The smallest absolute Gasteiger partial charge is 0.255 e. The predicted molar refractivity (Wildman–Crippen MR) is 101 cm³/mol. The number of ether oxygens (including phenoxy) is 1. The number of benzene rings is 2. The lowest BCUT2D eigenvalue weighted by Gasteiger charge is -2.24. The number of carbonyl (C=O) groups excluding carboxylic acids is 1. The van der Waals surface area contributed by atoms with E-state index in [0.29, 0.717) is 22.8 Å². The predicted octanol–water partition coefficient (Wildman–Crippen LogP) is 3.23. The Bertz CT molecular complexity index is 929. The molecular formula is C19H20ClNO4S. The van der Waals surface area contributed by atoms with Crippen LogP contribution in [0.1, 0.15) is 29.3 Å². The van der Waals surface area contributed by atoms with Crippen LogP contribution >= 0.6 is 11.6 Å². The van der Waals surface area contributed by atoms with Crippen LogP contribution in [0, 0.1) is 0 Å². The van der Waals surface area contributed by atoms with Crippen molar-refractivity contribution >= 4 is 27.3 Å². The third-order valence-electron chi connectivity index (χ3n) is 4.39. The first-order valence-electron chi connectivity index (χ1n) is 8.26. The van der Waals surface area contributed by atoms with Gasteiger partial charge in [0.25, 0.3) is 5.91 Å². The van der Waals surface area contributed by atoms with Crippen molar-refractivity contribution in [1.29, 1.82) is 0 Å². The van der Waals surface area contributed by atoms with Gasteiger partial charge in [-0.3, -0.25) is 4.79 Å². The molecule has 3 rings (SSSR count). The number of carbonyl (C=O) groups is 1. The number of halogens is 1. The van der Waals surface area contributed by atoms with Crippen LogP contribution in [-0.2, 0) is 16.4 Å². The Labute approximate surface area is 158 Å². The molecular weight excluding hydrogens is 374 g/mol. The van der Waals surface area contributed by atoms with Crippen LogP contribution in [0.25, 0.3) is 0 Å². The standard InChI is InChI=1S/C19H20ClNO4S/c1-19(10-11-26(23,24)13-19)21-18(22)15-7-3-5-9-17(15)25-12-14-6-2-4-8-16(14)20/h2-9H,10-13H2,1H3,(H,21,22)/t19-/m1/s1. The summed E-state index contributed by atoms with van der Waals surface area (Å²) in [6, 6.07) is 14.2. The molecule has 2 aromatic rings. The summed E-state index contributed by atoms with van der Waals surface area (Å²) in [4.78, 5) is 12.7. The molecule has 1 heterocycles. The van der Waals surface area contributed by atoms with Gasteiger partial charge in [-0.2, -0.15) is 0 Å². The average molecular weight is 394 g/mol. The molecule has 1 fully saturated rings. The minimum absolute atomic E-state index is 0.0472. The molecule has 1 aliphatic rings. The van der Waals surface area contributed by atoms with E-state index >= 15 is 0 Å². The van der Waals surface area contributed by atoms with Gasteiger partial charge < -0.3 is 10.1 Å². The minimum atomic E-state index is -3.10. The molecule has 26 heavy (non-hydrogen) atoms. The molecule has 138 valence electrons. The highest BCUT2D eigenvalue weighted by atomic mass is 35.5. The van der Waals surface area contributed by atoms with Gasteiger partial charge in [-0.1, -0.05) is 41.9 Å². The number of nitrogens with one attached hydrogen (secondary N) is 1. The van der Waals surface area contributed by atoms with Crippen molar-refractivity contribution in [3.05, 3.63) is 64.7 Å². The second-order valence-electron chi connectivity index (χ2n) is 6.73. The SMILES string of the molecule is C[C@@]1(NC(=O)c2ccccc2OCc2ccccc2Cl)CCS(=O)(=O)C1. The maximum Gasteiger partial charge on any atom is 0.255 e. The van der Waals surface area contributed by atoms with E-state index in [0.717, 1.165) is 5.56 Å². The number of para-hydroxylation sites is 1. The zero-order chi connectivity index (χ0) is 18.8. The number of rotatable bonds is 5. The summed E-state index contributed by atoms with van der Waals surface area (Å²) < 4.78 is 29.3. The molecule has 0 aliphatic carbocycles. The Morgan fingerprint density at radius 1 is 1.19 bits per heavy atom. The molecule has 0 radical (unpaired) electrons. The molecule has 0 bridgehead atoms. The third-order valence-corrected chi connectivity index (χ3v) is 6.66. The van der Waals surface area contributed by atoms with E-state index in [1.54, 1.807) is 37.3 Å². The average Bonchev–Trinajstić information content (AvgIpc) is 2.87. The van der Waals surface area contributed by atoms with Crippen LogP contribution in [0.4, 0.5) is 0 Å². The van der Waals surface area contributed by atoms with Gasteiger partial charge in [0.2, 0.25) is 0 Å². The summed E-state index contributed by atoms with van der Waals surface area (Å²) in [7, 11) is -3.10. The van der Waals surface area contributed by atoms with E-state index in [1.165, 1.54) is 0 Å². The highest BCUT2D eigenvalue weighted by Crippen LogP contribution is 2.26. The van der Waals surface area contributed by atoms with E-state index in [9.17, 15) is 13.2 Å². The van der Waals surface area contributed by atoms with Crippen molar-refractivity contribution in [3.63, 3.8) is 0 Å². The lowest BCUT2D eigenvalue weighted by atomic mass is 10.0. The summed E-state index contributed by atoms with van der Waals surface area (Å²) in [5, 5.41) is 3.45. The van der Waals surface area contributed by atoms with Gasteiger partial charge in [-0.05, 0) is 31.5 Å². The van der Waals surface area contributed by atoms with Gasteiger partial charge in [0.1, 0.15) is 12.4 Å². The Hall–Kier alpha value is -2.05. The molecule has 2 aromatic carbocycles. The highest BCUT2D eigenvalue weighted by molar-refractivity contribution is 7.91. The quantitative estimate of drug-likeness (QED) is 0.846. The number of hydrogen-bond acceptors (Lipinski definition) is 4. The largest absolute Gasteiger partial charge is 0.488 e. The zero-order valence-electron chi connectivity index (χ0n) is 14.4. The molecule has 1 N–H and O–H groups in total. The molecule has 1 atom stereocenters. The Morgan fingerprint density at radius 2 is 1.88 bits per heavy atom. The molecule has 0 spiro atoms. The fourth-order valence-corrected chi connectivity index (χ4v) is 5.28. The maximum atomic E-state index is 12.7. The van der Waals surface area contributed by atoms with Crippen LogP contribution in [0.2, 0.25) is 5.02 Å². The molecule has 1 amide bonds. The number of hydrogen-bond donors (Lipinski definition) is 1. The van der Waals surface area contributed by atoms with Crippen LogP contribution in [0.15, 0.2) is 48.5 Å². The van der Waals surface area contributed by atoms with Crippen molar-refractivity contribution < 1.29 is 17.9 Å². The van der Waals surface area contributed by atoms with Crippen LogP contribution < -0.4 is 10.1 Å². The summed E-state index contributed by atoms with van der Waals surface area (Å²) in [5.41, 5.74) is 0.425. The zero-order valence-corrected chi connectivity index (χ0v) is 15.9. The molecule has 0 aromatic heterocycles. The first-order valence-corrected chi connectivity index (χ1v) is 10.5. The van der Waals surface area contributed by atoms with Gasteiger partial charge in [0, 0.05) is 10.6 Å². The second kappa shape index (κ2) is 7.29. The lowest BCUT2D eigenvalue weighted by molar-refractivity contribution is 0.0911. The van der Waals surface area contributed by atoms with Gasteiger partial charge in [0.05, 0.1) is 22.6 Å². The van der Waals surface area contributed by atoms with Gasteiger partial charge >= 0.3 is 0 Å². The van der Waals surface area contributed by atoms with Crippen LogP contribution in [-0.4, -0.2) is 31.4 Å². The molecule has 7 heteroatoms. The van der Waals surface area contributed by atoms with Gasteiger partial charge in [0.15, 0.2) is 9.84 Å². The van der Waals surface area contributed by atoms with Crippen LogP contribution in [0.5, 0.6) is 5.75 Å². The number of amides is 1. The summed E-state index contributed by atoms with van der Waals surface area (Å²) in [6.45, 7) is 1.98. The van der Waals surface area contributed by atoms with Crippen molar-refractivity contribution in [2.45, 2.75) is 25.5 Å². The summed E-state index contributed by atoms with van der Waals surface area (Å²) >= 11 is 6.14. The fraction of sp³-hybridized carbons (Fsp3) is 0.316. The third kappa shape index (κ3) is 4.37. The molecule has 1 saturated heterocycles. The highest BCUT2D eigenvalue weighted by Gasteiger charge is 2.39. The number of sulfone groups is 1. The van der Waals surface area contributed by atoms with Crippen molar-refractivity contribution in [2.24, 2.45) is 0 Å². The summed E-state index contributed by atoms with van der Waals surface area (Å²) in [5.74, 6) is 0.122. The van der Waals surface area contributed by atoms with Crippen LogP contribution in [0.3, 0.4) is 0 Å². The Balaban J connectivity index is 1.74. The van der Waals surface area contributed by atoms with E-state index in [4.69, 9.17) is 16.3 Å². The van der Waals surface area contributed by atoms with E-state index in [-0.39, 0.29) is 24.0 Å². The maximum absolute atomic E-state index is 12.7. The van der Waals surface area contributed by atoms with Gasteiger partial charge in [-0.25, -0.2) is 8.42 Å². The van der Waals surface area contributed by atoms with Crippen molar-refractivity contribution in [3.8, 4) is 5.75 Å². The molecule has 0 saturated carbocycles. The lowest BCUT2D eigenvalue weighted by Crippen LogP contribution is -2.47. The minimum Gasteiger partial charge on any atom is -0.488 e. The van der Waals surface area contributed by atoms with E-state index in [1.807, 2.05) is 18.2 Å². The first-order chi connectivity index (χ1) is 12.3. The van der Waals surface area contributed by atoms with Crippen molar-refractivity contribution in [1.82, 2.24) is 5.32 Å². The van der Waals surface area contributed by atoms with Gasteiger partial charge in [-0.15, -0.1) is 0 Å². The Kier molecular flexibility index (Phi) is 5.25. The van der Waals surface area contributed by atoms with E-state index < -0.39 is 15.4 Å². The molecule has 1 aliphatic heterocycles. The molecule has 0 unspecified atom stereocenters. The summed E-state index contributed by atoms with van der Waals surface area (Å²) in [6.07, 6.45) is 0.406. The first kappa shape index (κ1) is 18.7. The Morgan fingerprint density at radius 3 is 2.58 bits per heavy atom. The van der Waals surface area contributed by atoms with E-state index in [2.05, 4.69) is 5.32 Å². The molecule has 5 nitrogen and oxygen atoms in total.